The Hall–Kier alpha value is -2.07. The van der Waals surface area contributed by atoms with Crippen LogP contribution in [-0.2, 0) is 37.4 Å². The van der Waals surface area contributed by atoms with Crippen LogP contribution in [0.2, 0.25) is 0 Å². The van der Waals surface area contributed by atoms with Crippen LogP contribution in [0.15, 0.2) is 48.6 Å². The molecule has 0 radical (unpaired) electrons. The Bertz CT molecular complexity index is 1120. The van der Waals surface area contributed by atoms with E-state index in [4.69, 9.17) is 29.0 Å². The van der Waals surface area contributed by atoms with Gasteiger partial charge in [0.05, 0.1) is 25.4 Å². The summed E-state index contributed by atoms with van der Waals surface area (Å²) in [7, 11) is -4.40. The van der Waals surface area contributed by atoms with Crippen LogP contribution in [-0.4, -0.2) is 61.5 Å². The lowest BCUT2D eigenvalue weighted by Gasteiger charge is -2.19. The van der Waals surface area contributed by atoms with Gasteiger partial charge in [-0.1, -0.05) is 140 Å². The highest BCUT2D eigenvalue weighted by Gasteiger charge is 2.36. The Morgan fingerprint density at radius 1 is 0.625 bits per heavy atom. The maximum absolute atomic E-state index is 12.6. The maximum Gasteiger partial charge on any atom is 0.472 e. The zero-order valence-electron chi connectivity index (χ0n) is 35.3. The van der Waals surface area contributed by atoms with Crippen LogP contribution in [0.4, 0.5) is 0 Å². The number of nitrogens with two attached hydrogens (primary N) is 1. The number of allylic oxidation sites excluding steroid dienone is 6. The van der Waals surface area contributed by atoms with Crippen LogP contribution in [0.5, 0.6) is 0 Å². The normalized spacial score (nSPS) is 17.4. The number of carbonyl (C=O) groups excluding carboxylic acids is 2. The smallest absolute Gasteiger partial charge is 0.462 e. The van der Waals surface area contributed by atoms with Gasteiger partial charge < -0.3 is 24.8 Å². The summed E-state index contributed by atoms with van der Waals surface area (Å²) in [5.74, 6) is -0.906. The zero-order chi connectivity index (χ0) is 40.8. The van der Waals surface area contributed by atoms with Crippen LogP contribution >= 0.6 is 7.82 Å². The molecule has 3 unspecified atom stereocenters. The first-order valence-electron chi connectivity index (χ1n) is 22.2. The monoisotopic (exact) mass is 810 g/mol. The van der Waals surface area contributed by atoms with E-state index in [1.807, 2.05) is 6.08 Å². The fraction of sp³-hybridized carbons (Fsp3) is 0.778. The average molecular weight is 810 g/mol. The first-order valence-corrected chi connectivity index (χ1v) is 23.7. The summed E-state index contributed by atoms with van der Waals surface area (Å²) >= 11 is 0. The fourth-order valence-corrected chi connectivity index (χ4v) is 6.90. The van der Waals surface area contributed by atoms with Gasteiger partial charge in [-0.2, -0.15) is 0 Å². The number of hydrogen-bond acceptors (Lipinski definition) is 9. The molecule has 1 saturated heterocycles. The van der Waals surface area contributed by atoms with Crippen molar-refractivity contribution in [2.75, 3.05) is 26.4 Å². The number of carbonyl (C=O) groups is 2. The molecule has 0 spiro atoms. The maximum atomic E-state index is 12.6. The molecule has 4 atom stereocenters. The summed E-state index contributed by atoms with van der Waals surface area (Å²) in [6, 6.07) is 0. The van der Waals surface area contributed by atoms with Gasteiger partial charge in [-0.05, 0) is 77.0 Å². The Morgan fingerprint density at radius 2 is 1.11 bits per heavy atom. The largest absolute Gasteiger partial charge is 0.472 e. The second kappa shape index (κ2) is 37.2. The fourth-order valence-electron chi connectivity index (χ4n) is 6.13. The van der Waals surface area contributed by atoms with Gasteiger partial charge in [0.2, 0.25) is 0 Å². The Balaban J connectivity index is 2.21. The Morgan fingerprint density at radius 3 is 1.75 bits per heavy atom. The van der Waals surface area contributed by atoms with E-state index in [9.17, 15) is 19.0 Å². The van der Waals surface area contributed by atoms with Gasteiger partial charge in [-0.25, -0.2) is 4.57 Å². The third-order valence-electron chi connectivity index (χ3n) is 9.59. The van der Waals surface area contributed by atoms with Crippen LogP contribution in [0, 0.1) is 0 Å². The summed E-state index contributed by atoms with van der Waals surface area (Å²) < 4.78 is 38.5. The first-order chi connectivity index (χ1) is 27.3. The number of hydrogen-bond donors (Lipinski definition) is 2. The number of phosphoric ester groups is 1. The number of rotatable bonds is 40. The second-order valence-corrected chi connectivity index (χ2v) is 16.4. The van der Waals surface area contributed by atoms with Crippen molar-refractivity contribution < 1.29 is 42.3 Å². The molecule has 0 saturated carbocycles. The molecule has 11 heteroatoms. The quantitative estimate of drug-likeness (QED) is 0.0201. The second-order valence-electron chi connectivity index (χ2n) is 14.9. The van der Waals surface area contributed by atoms with Gasteiger partial charge >= 0.3 is 19.8 Å². The molecule has 1 aliphatic heterocycles. The van der Waals surface area contributed by atoms with E-state index >= 15 is 0 Å². The summed E-state index contributed by atoms with van der Waals surface area (Å²) in [6.07, 6.45) is 44.6. The summed E-state index contributed by atoms with van der Waals surface area (Å²) in [5, 5.41) is 0. The van der Waals surface area contributed by atoms with Crippen molar-refractivity contribution in [2.45, 2.75) is 199 Å². The first kappa shape index (κ1) is 51.9. The molecular formula is C45H80NO9P. The minimum absolute atomic E-state index is 0.0420. The lowest BCUT2D eigenvalue weighted by molar-refractivity contribution is -0.161. The minimum Gasteiger partial charge on any atom is -0.462 e. The van der Waals surface area contributed by atoms with E-state index in [2.05, 4.69) is 56.4 Å². The molecule has 1 fully saturated rings. The molecule has 56 heavy (non-hydrogen) atoms. The lowest BCUT2D eigenvalue weighted by Crippen LogP contribution is -2.29. The molecule has 0 aromatic rings. The SMILES string of the molecule is CCCCC/C=C\CC1OC1C/C=C\C/C=C\CCCC(=O)OC[C@H](COP(=O)(O)OCCN)OC(=O)CCCCCCCCC/C=C\CCCCCCCC. The molecule has 3 N–H and O–H groups in total. The van der Waals surface area contributed by atoms with Crippen LogP contribution in [0.25, 0.3) is 0 Å². The van der Waals surface area contributed by atoms with E-state index in [1.165, 1.54) is 83.5 Å². The summed E-state index contributed by atoms with van der Waals surface area (Å²) in [6.45, 7) is 3.62. The number of phosphoric acid groups is 1. The molecule has 0 aliphatic carbocycles. The van der Waals surface area contributed by atoms with Crippen LogP contribution in [0.1, 0.15) is 181 Å². The van der Waals surface area contributed by atoms with Crippen molar-refractivity contribution in [2.24, 2.45) is 5.73 Å². The molecule has 1 heterocycles. The average Bonchev–Trinajstić information content (AvgIpc) is 3.94. The molecule has 324 valence electrons. The molecule has 0 bridgehead atoms. The van der Waals surface area contributed by atoms with E-state index in [-0.39, 0.29) is 32.6 Å². The highest BCUT2D eigenvalue weighted by atomic mass is 31.2. The number of unbranched alkanes of at least 4 members (excludes halogenated alkanes) is 17. The molecule has 1 rings (SSSR count). The highest BCUT2D eigenvalue weighted by Crippen LogP contribution is 2.43. The topological polar surface area (TPSA) is 147 Å². The van der Waals surface area contributed by atoms with Gasteiger partial charge in [-0.3, -0.25) is 18.6 Å². The highest BCUT2D eigenvalue weighted by molar-refractivity contribution is 7.47. The van der Waals surface area contributed by atoms with Crippen LogP contribution < -0.4 is 5.73 Å². The molecule has 1 aliphatic rings. The van der Waals surface area contributed by atoms with E-state index in [0.717, 1.165) is 57.8 Å². The van der Waals surface area contributed by atoms with Gasteiger partial charge in [0.25, 0.3) is 0 Å². The van der Waals surface area contributed by atoms with E-state index < -0.39 is 32.5 Å². The molecule has 0 aromatic heterocycles. The lowest BCUT2D eigenvalue weighted by atomic mass is 10.1. The Labute approximate surface area is 341 Å². The predicted molar refractivity (Wildman–Crippen MR) is 228 cm³/mol. The number of epoxide rings is 1. The standard InChI is InChI=1S/C45H80NO9P/c1-3-5-7-9-11-12-13-14-15-16-17-18-19-20-23-28-32-36-45(48)54-41(40-53-56(49,50)52-38-37-46)39-51-44(47)35-31-27-24-21-22-26-30-34-43-42(55-43)33-29-25-10-8-6-4-2/h14-15,21,24-26,29-30,41-43H,3-13,16-20,22-23,27-28,31-40,46H2,1-2H3,(H,49,50)/b15-14-,24-21-,29-25-,30-26-/t41-,42?,43?/m1/s1. The Kier molecular flexibility index (Phi) is 34.5. The zero-order valence-corrected chi connectivity index (χ0v) is 36.2. The van der Waals surface area contributed by atoms with E-state index in [1.54, 1.807) is 0 Å². The molecular weight excluding hydrogens is 729 g/mol. The predicted octanol–water partition coefficient (Wildman–Crippen LogP) is 11.7. The van der Waals surface area contributed by atoms with Crippen LogP contribution in [0.3, 0.4) is 0 Å². The van der Waals surface area contributed by atoms with Gasteiger partial charge in [0.15, 0.2) is 6.10 Å². The van der Waals surface area contributed by atoms with Gasteiger partial charge in [-0.15, -0.1) is 0 Å². The number of esters is 2. The van der Waals surface area contributed by atoms with Crippen molar-refractivity contribution in [1.29, 1.82) is 0 Å². The van der Waals surface area contributed by atoms with Gasteiger partial charge in [0.1, 0.15) is 6.61 Å². The third-order valence-corrected chi connectivity index (χ3v) is 10.6. The molecule has 10 nitrogen and oxygen atoms in total. The van der Waals surface area contributed by atoms with Crippen molar-refractivity contribution in [3.8, 4) is 0 Å². The third kappa shape index (κ3) is 34.0. The summed E-state index contributed by atoms with van der Waals surface area (Å²) in [4.78, 5) is 34.9. The van der Waals surface area contributed by atoms with Gasteiger partial charge in [0, 0.05) is 19.4 Å². The molecule has 0 amide bonds. The minimum atomic E-state index is -4.40. The van der Waals surface area contributed by atoms with Crippen molar-refractivity contribution in [3.05, 3.63) is 48.6 Å². The van der Waals surface area contributed by atoms with Crippen molar-refractivity contribution >= 4 is 19.8 Å². The van der Waals surface area contributed by atoms with Crippen molar-refractivity contribution in [1.82, 2.24) is 0 Å². The summed E-state index contributed by atoms with van der Waals surface area (Å²) in [5.41, 5.74) is 5.35. The van der Waals surface area contributed by atoms with Crippen molar-refractivity contribution in [3.63, 3.8) is 0 Å². The number of ether oxygens (including phenoxy) is 3. The molecule has 0 aromatic carbocycles. The van der Waals surface area contributed by atoms with E-state index in [0.29, 0.717) is 25.0 Å².